The monoisotopic (exact) mass is 272 g/mol. The number of hydrogen-bond acceptors (Lipinski definition) is 2. The van der Waals surface area contributed by atoms with Crippen LogP contribution in [0.15, 0.2) is 18.2 Å². The summed E-state index contributed by atoms with van der Waals surface area (Å²) in [6.45, 7) is 2.71. The zero-order valence-corrected chi connectivity index (χ0v) is 11.0. The van der Waals surface area contributed by atoms with Crippen molar-refractivity contribution < 1.29 is 13.2 Å². The van der Waals surface area contributed by atoms with Gasteiger partial charge in [-0.3, -0.25) is 0 Å². The summed E-state index contributed by atoms with van der Waals surface area (Å²) in [6.07, 6.45) is -0.510. The maximum Gasteiger partial charge on any atom is 0.418 e. The van der Waals surface area contributed by atoms with Crippen LogP contribution in [-0.2, 0) is 6.18 Å². The SMILES string of the molecule is CC[C@H]1CCCCN1c1ccc(N)cc1C(F)(F)F. The molecular formula is C14H19F3N2. The molecule has 1 aliphatic heterocycles. The Morgan fingerprint density at radius 1 is 1.32 bits per heavy atom. The van der Waals surface area contributed by atoms with Gasteiger partial charge in [0.15, 0.2) is 0 Å². The van der Waals surface area contributed by atoms with Crippen LogP contribution >= 0.6 is 0 Å². The van der Waals surface area contributed by atoms with E-state index in [0.29, 0.717) is 6.54 Å². The Morgan fingerprint density at radius 2 is 2.05 bits per heavy atom. The first-order valence-corrected chi connectivity index (χ1v) is 6.67. The molecule has 0 saturated carbocycles. The molecule has 1 heterocycles. The van der Waals surface area contributed by atoms with Gasteiger partial charge in [0.2, 0.25) is 0 Å². The Bertz CT molecular complexity index is 443. The molecular weight excluding hydrogens is 253 g/mol. The first kappa shape index (κ1) is 14.0. The summed E-state index contributed by atoms with van der Waals surface area (Å²) in [6, 6.07) is 4.28. The van der Waals surface area contributed by atoms with Gasteiger partial charge < -0.3 is 10.6 Å². The van der Waals surface area contributed by atoms with Gasteiger partial charge in [-0.15, -0.1) is 0 Å². The van der Waals surface area contributed by atoms with Crippen LogP contribution in [0.25, 0.3) is 0 Å². The Balaban J connectivity index is 2.43. The fourth-order valence-corrected chi connectivity index (χ4v) is 2.77. The lowest BCUT2D eigenvalue weighted by Crippen LogP contribution is -2.40. The van der Waals surface area contributed by atoms with Gasteiger partial charge in [-0.25, -0.2) is 0 Å². The quantitative estimate of drug-likeness (QED) is 0.823. The topological polar surface area (TPSA) is 29.3 Å². The average Bonchev–Trinajstić information content (AvgIpc) is 2.37. The molecule has 1 atom stereocenters. The van der Waals surface area contributed by atoms with Crippen LogP contribution in [-0.4, -0.2) is 12.6 Å². The minimum absolute atomic E-state index is 0.154. The van der Waals surface area contributed by atoms with Gasteiger partial charge in [0.25, 0.3) is 0 Å². The van der Waals surface area contributed by atoms with Crippen molar-refractivity contribution >= 4 is 11.4 Å². The van der Waals surface area contributed by atoms with Crippen LogP contribution in [0.5, 0.6) is 0 Å². The first-order valence-electron chi connectivity index (χ1n) is 6.67. The number of nitrogens with zero attached hydrogens (tertiary/aromatic N) is 1. The van der Waals surface area contributed by atoms with Crippen molar-refractivity contribution in [3.63, 3.8) is 0 Å². The first-order chi connectivity index (χ1) is 8.93. The summed E-state index contributed by atoms with van der Waals surface area (Å²) in [7, 11) is 0. The summed E-state index contributed by atoms with van der Waals surface area (Å²) < 4.78 is 39.4. The molecule has 0 radical (unpaired) electrons. The fourth-order valence-electron chi connectivity index (χ4n) is 2.77. The van der Waals surface area contributed by atoms with E-state index < -0.39 is 11.7 Å². The molecule has 0 amide bonds. The van der Waals surface area contributed by atoms with E-state index in [1.165, 1.54) is 6.07 Å². The molecule has 0 spiro atoms. The second-order valence-electron chi connectivity index (χ2n) is 5.03. The Morgan fingerprint density at radius 3 is 2.68 bits per heavy atom. The minimum Gasteiger partial charge on any atom is -0.399 e. The van der Waals surface area contributed by atoms with E-state index in [-0.39, 0.29) is 17.4 Å². The molecule has 1 aromatic carbocycles. The molecule has 0 bridgehead atoms. The van der Waals surface area contributed by atoms with Gasteiger partial charge in [-0.2, -0.15) is 13.2 Å². The van der Waals surface area contributed by atoms with Gasteiger partial charge in [0.05, 0.1) is 5.56 Å². The summed E-state index contributed by atoms with van der Waals surface area (Å²) in [4.78, 5) is 1.89. The highest BCUT2D eigenvalue weighted by Crippen LogP contribution is 2.40. The smallest absolute Gasteiger partial charge is 0.399 e. The molecule has 19 heavy (non-hydrogen) atoms. The van der Waals surface area contributed by atoms with Crippen LogP contribution in [0.3, 0.4) is 0 Å². The lowest BCUT2D eigenvalue weighted by molar-refractivity contribution is -0.137. The molecule has 1 saturated heterocycles. The van der Waals surface area contributed by atoms with Gasteiger partial charge in [-0.05, 0) is 43.9 Å². The second-order valence-corrected chi connectivity index (χ2v) is 5.03. The Hall–Kier alpha value is -1.39. The number of benzene rings is 1. The summed E-state index contributed by atoms with van der Waals surface area (Å²) in [5, 5.41) is 0. The number of alkyl halides is 3. The van der Waals surface area contributed by atoms with Crippen molar-refractivity contribution in [1.29, 1.82) is 0 Å². The largest absolute Gasteiger partial charge is 0.418 e. The zero-order chi connectivity index (χ0) is 14.0. The number of rotatable bonds is 2. The van der Waals surface area contributed by atoms with Crippen LogP contribution in [0.4, 0.5) is 24.5 Å². The van der Waals surface area contributed by atoms with Crippen molar-refractivity contribution in [2.24, 2.45) is 0 Å². The molecule has 2 nitrogen and oxygen atoms in total. The van der Waals surface area contributed by atoms with Crippen LogP contribution in [0.2, 0.25) is 0 Å². The van der Waals surface area contributed by atoms with E-state index >= 15 is 0 Å². The molecule has 1 aromatic rings. The van der Waals surface area contributed by atoms with E-state index in [9.17, 15) is 13.2 Å². The lowest BCUT2D eigenvalue weighted by Gasteiger charge is -2.38. The van der Waals surface area contributed by atoms with Gasteiger partial charge >= 0.3 is 6.18 Å². The molecule has 5 heteroatoms. The predicted octanol–water partition coefficient (Wildman–Crippen LogP) is 4.06. The molecule has 0 aliphatic carbocycles. The number of nitrogen functional groups attached to an aromatic ring is 1. The van der Waals surface area contributed by atoms with E-state index in [2.05, 4.69) is 0 Å². The molecule has 0 unspecified atom stereocenters. The van der Waals surface area contributed by atoms with Crippen molar-refractivity contribution in [2.75, 3.05) is 17.2 Å². The highest BCUT2D eigenvalue weighted by Gasteiger charge is 2.36. The Kier molecular flexibility index (Phi) is 3.92. The van der Waals surface area contributed by atoms with Crippen LogP contribution in [0.1, 0.15) is 38.2 Å². The van der Waals surface area contributed by atoms with E-state index in [0.717, 1.165) is 31.7 Å². The second kappa shape index (κ2) is 5.31. The third kappa shape index (κ3) is 2.96. The molecule has 1 aliphatic rings. The highest BCUT2D eigenvalue weighted by molar-refractivity contribution is 5.61. The van der Waals surface area contributed by atoms with Gasteiger partial charge in [0, 0.05) is 24.0 Å². The normalized spacial score (nSPS) is 20.6. The van der Waals surface area contributed by atoms with Crippen molar-refractivity contribution in [3.05, 3.63) is 23.8 Å². The van der Waals surface area contributed by atoms with Gasteiger partial charge in [-0.1, -0.05) is 6.92 Å². The molecule has 0 aromatic heterocycles. The maximum atomic E-state index is 13.1. The predicted molar refractivity (Wildman–Crippen MR) is 71.1 cm³/mol. The van der Waals surface area contributed by atoms with E-state index in [4.69, 9.17) is 5.73 Å². The summed E-state index contributed by atoms with van der Waals surface area (Å²) in [5.41, 5.74) is 5.31. The Labute approximate surface area is 111 Å². The molecule has 2 rings (SSSR count). The zero-order valence-electron chi connectivity index (χ0n) is 11.0. The number of piperidine rings is 1. The molecule has 1 fully saturated rings. The van der Waals surface area contributed by atoms with Crippen molar-refractivity contribution in [3.8, 4) is 0 Å². The van der Waals surface area contributed by atoms with Crippen LogP contribution in [0, 0.1) is 0 Å². The van der Waals surface area contributed by atoms with E-state index in [1.54, 1.807) is 6.07 Å². The van der Waals surface area contributed by atoms with Crippen LogP contribution < -0.4 is 10.6 Å². The van der Waals surface area contributed by atoms with Gasteiger partial charge in [0.1, 0.15) is 0 Å². The van der Waals surface area contributed by atoms with Crippen molar-refractivity contribution in [2.45, 2.75) is 44.8 Å². The number of hydrogen-bond donors (Lipinski definition) is 1. The standard InChI is InChI=1S/C14H19F3N2/c1-2-11-5-3-4-8-19(11)13-7-6-10(18)9-12(13)14(15,16)17/h6-7,9,11H,2-5,8,18H2,1H3/t11-/m0/s1. The maximum absolute atomic E-state index is 13.1. The number of nitrogens with two attached hydrogens (primary N) is 1. The number of halogens is 3. The average molecular weight is 272 g/mol. The minimum atomic E-state index is -4.36. The highest BCUT2D eigenvalue weighted by atomic mass is 19.4. The van der Waals surface area contributed by atoms with E-state index in [1.807, 2.05) is 11.8 Å². The van der Waals surface area contributed by atoms with Crippen molar-refractivity contribution in [1.82, 2.24) is 0 Å². The molecule has 106 valence electrons. The summed E-state index contributed by atoms with van der Waals surface area (Å²) >= 11 is 0. The number of anilines is 2. The fraction of sp³-hybridized carbons (Fsp3) is 0.571. The molecule has 2 N–H and O–H groups in total. The summed E-state index contributed by atoms with van der Waals surface area (Å²) in [5.74, 6) is 0. The lowest BCUT2D eigenvalue weighted by atomic mass is 9.97. The third-order valence-corrected chi connectivity index (χ3v) is 3.73. The third-order valence-electron chi connectivity index (χ3n) is 3.73.